The number of hydrogen-bond acceptors (Lipinski definition) is 5. The van der Waals surface area contributed by atoms with Crippen LogP contribution in [0.1, 0.15) is 39.2 Å². The van der Waals surface area contributed by atoms with Gasteiger partial charge in [0.25, 0.3) is 0 Å². The highest BCUT2D eigenvalue weighted by molar-refractivity contribution is 5.93. The predicted molar refractivity (Wildman–Crippen MR) is 107 cm³/mol. The Labute approximate surface area is 166 Å². The van der Waals surface area contributed by atoms with E-state index in [2.05, 4.69) is 10.6 Å². The summed E-state index contributed by atoms with van der Waals surface area (Å²) in [6, 6.07) is 8.59. The molecule has 2 unspecified atom stereocenters. The minimum Gasteiger partial charge on any atom is -0.349 e. The van der Waals surface area contributed by atoms with Crippen molar-refractivity contribution in [2.45, 2.75) is 46.1 Å². The van der Waals surface area contributed by atoms with Gasteiger partial charge in [-0.15, -0.1) is 0 Å². The molecule has 0 aliphatic carbocycles. The maximum absolute atomic E-state index is 12.9. The Bertz CT molecular complexity index is 673. The maximum Gasteiger partial charge on any atom is 0.234 e. The second kappa shape index (κ2) is 12.0. The zero-order valence-electron chi connectivity index (χ0n) is 16.9. The molecule has 7 heteroatoms. The van der Waals surface area contributed by atoms with E-state index in [-0.39, 0.29) is 42.9 Å². The van der Waals surface area contributed by atoms with E-state index in [9.17, 15) is 19.2 Å². The van der Waals surface area contributed by atoms with Crippen LogP contribution in [0.15, 0.2) is 30.3 Å². The van der Waals surface area contributed by atoms with Crippen molar-refractivity contribution in [3.8, 4) is 0 Å². The lowest BCUT2D eigenvalue weighted by molar-refractivity contribution is -0.132. The normalized spacial score (nSPS) is 12.9. The zero-order chi connectivity index (χ0) is 21.1. The molecule has 0 aliphatic rings. The Morgan fingerprint density at radius 1 is 1.07 bits per heavy atom. The van der Waals surface area contributed by atoms with Gasteiger partial charge in [-0.3, -0.25) is 19.2 Å². The van der Waals surface area contributed by atoms with E-state index in [1.165, 1.54) is 6.92 Å². The SMILES string of the molecule is CC(=O)CNC(=O)C(CC(=O)C(Cc1ccccc1)NC(=O)CN)CC(C)C. The standard InChI is InChI=1S/C21H31N3O4/c1-14(2)9-17(21(28)23-13-15(3)25)11-19(26)18(24-20(27)12-22)10-16-7-5-4-6-8-16/h4-8,14,17-18H,9-13,22H2,1-3H3,(H,23,28)(H,24,27). The van der Waals surface area contributed by atoms with Gasteiger partial charge in [-0.25, -0.2) is 0 Å². The van der Waals surface area contributed by atoms with Crippen molar-refractivity contribution >= 4 is 23.4 Å². The van der Waals surface area contributed by atoms with E-state index in [1.54, 1.807) is 0 Å². The number of benzene rings is 1. The van der Waals surface area contributed by atoms with Gasteiger partial charge in [0.2, 0.25) is 11.8 Å². The highest BCUT2D eigenvalue weighted by atomic mass is 16.2. The number of ketones is 2. The van der Waals surface area contributed by atoms with Crippen molar-refractivity contribution in [3.63, 3.8) is 0 Å². The van der Waals surface area contributed by atoms with Crippen LogP contribution in [0.5, 0.6) is 0 Å². The van der Waals surface area contributed by atoms with Crippen molar-refractivity contribution in [1.82, 2.24) is 10.6 Å². The van der Waals surface area contributed by atoms with Crippen LogP contribution < -0.4 is 16.4 Å². The van der Waals surface area contributed by atoms with E-state index in [0.717, 1.165) is 5.56 Å². The summed E-state index contributed by atoms with van der Waals surface area (Å²) in [4.78, 5) is 48.3. The average Bonchev–Trinajstić information content (AvgIpc) is 2.65. The van der Waals surface area contributed by atoms with Gasteiger partial charge in [-0.1, -0.05) is 44.2 Å². The molecule has 0 saturated carbocycles. The van der Waals surface area contributed by atoms with Crippen LogP contribution in [-0.2, 0) is 25.6 Å². The van der Waals surface area contributed by atoms with Crippen LogP contribution in [0.3, 0.4) is 0 Å². The number of nitrogens with one attached hydrogen (secondary N) is 2. The molecule has 1 rings (SSSR count). The van der Waals surface area contributed by atoms with E-state index in [0.29, 0.717) is 12.8 Å². The number of rotatable bonds is 12. The molecule has 1 aromatic rings. The molecule has 0 saturated heterocycles. The third kappa shape index (κ3) is 8.90. The largest absolute Gasteiger partial charge is 0.349 e. The first-order valence-corrected chi connectivity index (χ1v) is 9.56. The molecule has 154 valence electrons. The van der Waals surface area contributed by atoms with E-state index < -0.39 is 17.9 Å². The van der Waals surface area contributed by atoms with Crippen molar-refractivity contribution in [1.29, 1.82) is 0 Å². The fourth-order valence-corrected chi connectivity index (χ4v) is 2.94. The van der Waals surface area contributed by atoms with Gasteiger partial charge in [0.05, 0.1) is 19.1 Å². The molecule has 4 N–H and O–H groups in total. The topological polar surface area (TPSA) is 118 Å². The van der Waals surface area contributed by atoms with Crippen LogP contribution in [-0.4, -0.2) is 42.5 Å². The third-order valence-corrected chi connectivity index (χ3v) is 4.28. The Balaban J connectivity index is 2.90. The molecule has 28 heavy (non-hydrogen) atoms. The van der Waals surface area contributed by atoms with Gasteiger partial charge >= 0.3 is 0 Å². The van der Waals surface area contributed by atoms with Crippen molar-refractivity contribution in [3.05, 3.63) is 35.9 Å². The summed E-state index contributed by atoms with van der Waals surface area (Å²) in [5, 5.41) is 5.25. The Morgan fingerprint density at radius 2 is 1.71 bits per heavy atom. The molecule has 2 amide bonds. The fraction of sp³-hybridized carbons (Fsp3) is 0.524. The number of carbonyl (C=O) groups is 4. The second-order valence-electron chi connectivity index (χ2n) is 7.43. The molecular formula is C21H31N3O4. The second-order valence-corrected chi connectivity index (χ2v) is 7.43. The summed E-state index contributed by atoms with van der Waals surface area (Å²) in [6.07, 6.45) is 0.831. The minimum absolute atomic E-state index is 0.00965. The Hall–Kier alpha value is -2.54. The van der Waals surface area contributed by atoms with Crippen LogP contribution in [0.4, 0.5) is 0 Å². The smallest absolute Gasteiger partial charge is 0.234 e. The van der Waals surface area contributed by atoms with Crippen molar-refractivity contribution < 1.29 is 19.2 Å². The van der Waals surface area contributed by atoms with Gasteiger partial charge in [0.1, 0.15) is 5.78 Å². The van der Waals surface area contributed by atoms with E-state index in [1.807, 2.05) is 44.2 Å². The Morgan fingerprint density at radius 3 is 2.25 bits per heavy atom. The molecule has 0 aromatic heterocycles. The summed E-state index contributed by atoms with van der Waals surface area (Å²) >= 11 is 0. The first-order valence-electron chi connectivity index (χ1n) is 9.56. The monoisotopic (exact) mass is 389 g/mol. The average molecular weight is 389 g/mol. The number of carbonyl (C=O) groups excluding carboxylic acids is 4. The molecule has 2 atom stereocenters. The molecular weight excluding hydrogens is 358 g/mol. The highest BCUT2D eigenvalue weighted by Gasteiger charge is 2.28. The summed E-state index contributed by atoms with van der Waals surface area (Å²) < 4.78 is 0. The quantitative estimate of drug-likeness (QED) is 0.493. The molecule has 0 fully saturated rings. The van der Waals surface area contributed by atoms with Gasteiger partial charge in [0.15, 0.2) is 5.78 Å². The molecule has 7 nitrogen and oxygen atoms in total. The van der Waals surface area contributed by atoms with Crippen molar-refractivity contribution in [2.24, 2.45) is 17.6 Å². The van der Waals surface area contributed by atoms with Crippen LogP contribution in [0, 0.1) is 11.8 Å². The summed E-state index contributed by atoms with van der Waals surface area (Å²) in [5.74, 6) is -1.47. The summed E-state index contributed by atoms with van der Waals surface area (Å²) in [7, 11) is 0. The number of amides is 2. The van der Waals surface area contributed by atoms with E-state index in [4.69, 9.17) is 5.73 Å². The number of hydrogen-bond donors (Lipinski definition) is 3. The van der Waals surface area contributed by atoms with Crippen LogP contribution in [0.2, 0.25) is 0 Å². The number of Topliss-reactive ketones (excluding diaryl/α,β-unsaturated/α-hetero) is 2. The first-order chi connectivity index (χ1) is 13.2. The lowest BCUT2D eigenvalue weighted by Gasteiger charge is -2.22. The van der Waals surface area contributed by atoms with Gasteiger partial charge in [-0.05, 0) is 31.2 Å². The molecule has 0 heterocycles. The highest BCUT2D eigenvalue weighted by Crippen LogP contribution is 2.18. The fourth-order valence-electron chi connectivity index (χ4n) is 2.94. The summed E-state index contributed by atoms with van der Waals surface area (Å²) in [5.41, 5.74) is 6.28. The third-order valence-electron chi connectivity index (χ3n) is 4.28. The molecule has 1 aromatic carbocycles. The predicted octanol–water partition coefficient (Wildman–Crippen LogP) is 0.999. The minimum atomic E-state index is -0.756. The van der Waals surface area contributed by atoms with Crippen LogP contribution in [0.25, 0.3) is 0 Å². The van der Waals surface area contributed by atoms with Gasteiger partial charge in [-0.2, -0.15) is 0 Å². The van der Waals surface area contributed by atoms with Crippen LogP contribution >= 0.6 is 0 Å². The van der Waals surface area contributed by atoms with E-state index >= 15 is 0 Å². The number of nitrogens with two attached hydrogens (primary N) is 1. The van der Waals surface area contributed by atoms with Gasteiger partial charge in [0, 0.05) is 12.3 Å². The summed E-state index contributed by atoms with van der Waals surface area (Å²) in [6.45, 7) is 5.05. The lowest BCUT2D eigenvalue weighted by Crippen LogP contribution is -2.46. The lowest BCUT2D eigenvalue weighted by atomic mass is 9.88. The maximum atomic E-state index is 12.9. The zero-order valence-corrected chi connectivity index (χ0v) is 16.9. The Kier molecular flexibility index (Phi) is 10.1. The molecule has 0 aliphatic heterocycles. The molecule has 0 spiro atoms. The van der Waals surface area contributed by atoms with Crippen molar-refractivity contribution in [2.75, 3.05) is 13.1 Å². The van der Waals surface area contributed by atoms with Gasteiger partial charge < -0.3 is 16.4 Å². The molecule has 0 radical (unpaired) electrons. The molecule has 0 bridgehead atoms. The first kappa shape index (κ1) is 23.5.